The molecule has 1 saturated heterocycles. The molecule has 0 aromatic heterocycles. The van der Waals surface area contributed by atoms with Gasteiger partial charge in [0.25, 0.3) is 0 Å². The van der Waals surface area contributed by atoms with Gasteiger partial charge in [0.1, 0.15) is 0 Å². The molecule has 1 fully saturated rings. The quantitative estimate of drug-likeness (QED) is 0.755. The molecule has 1 aliphatic rings. The molecule has 0 spiro atoms. The molecule has 0 unspecified atom stereocenters. The lowest BCUT2D eigenvalue weighted by Crippen LogP contribution is -2.51. The fraction of sp³-hybridized carbons (Fsp3) is 0.611. The highest BCUT2D eigenvalue weighted by atomic mass is 32.2. The van der Waals surface area contributed by atoms with Crippen LogP contribution in [0.1, 0.15) is 32.3 Å². The van der Waals surface area contributed by atoms with E-state index in [2.05, 4.69) is 19.2 Å². The fourth-order valence-corrected chi connectivity index (χ4v) is 4.53. The monoisotopic (exact) mass is 367 g/mol. The van der Waals surface area contributed by atoms with Crippen LogP contribution < -0.4 is 5.32 Å². The van der Waals surface area contributed by atoms with Crippen LogP contribution >= 0.6 is 0 Å². The third-order valence-corrected chi connectivity index (χ3v) is 6.48. The predicted octanol–water partition coefficient (Wildman–Crippen LogP) is 1.44. The summed E-state index contributed by atoms with van der Waals surface area (Å²) < 4.78 is 26.6. The first-order valence-electron chi connectivity index (χ1n) is 8.98. The summed E-state index contributed by atoms with van der Waals surface area (Å²) in [6.45, 7) is 6.51. The highest BCUT2D eigenvalue weighted by molar-refractivity contribution is 7.88. The van der Waals surface area contributed by atoms with Crippen LogP contribution in [-0.4, -0.2) is 62.3 Å². The molecule has 0 saturated carbocycles. The van der Waals surface area contributed by atoms with Crippen LogP contribution in [0.5, 0.6) is 0 Å². The standard InChI is InChI=1S/C18H29N3O3S/c1-3-17(4-2)19-18(22)14-20-10-12-21(13-11-20)25(23,24)15-16-8-6-5-7-9-16/h5-9,17H,3-4,10-15H2,1-2H3,(H,19,22). The molecule has 1 heterocycles. The van der Waals surface area contributed by atoms with E-state index in [9.17, 15) is 13.2 Å². The van der Waals surface area contributed by atoms with Crippen LogP contribution in [0.2, 0.25) is 0 Å². The Labute approximate surface area is 151 Å². The number of amides is 1. The maximum Gasteiger partial charge on any atom is 0.234 e. The topological polar surface area (TPSA) is 69.7 Å². The van der Waals surface area contributed by atoms with Gasteiger partial charge in [-0.05, 0) is 18.4 Å². The summed E-state index contributed by atoms with van der Waals surface area (Å²) in [4.78, 5) is 14.1. The van der Waals surface area contributed by atoms with Gasteiger partial charge in [0.2, 0.25) is 15.9 Å². The molecule has 1 aromatic carbocycles. The average Bonchev–Trinajstić information content (AvgIpc) is 2.60. The van der Waals surface area contributed by atoms with Gasteiger partial charge < -0.3 is 5.32 Å². The Morgan fingerprint density at radius 2 is 1.68 bits per heavy atom. The molecular formula is C18H29N3O3S. The highest BCUT2D eigenvalue weighted by Crippen LogP contribution is 2.13. The zero-order valence-electron chi connectivity index (χ0n) is 15.1. The molecule has 0 aliphatic carbocycles. The van der Waals surface area contributed by atoms with Gasteiger partial charge in [-0.2, -0.15) is 4.31 Å². The van der Waals surface area contributed by atoms with Gasteiger partial charge >= 0.3 is 0 Å². The van der Waals surface area contributed by atoms with Crippen molar-refractivity contribution >= 4 is 15.9 Å². The molecule has 0 radical (unpaired) electrons. The number of carbonyl (C=O) groups is 1. The first-order valence-corrected chi connectivity index (χ1v) is 10.6. The van der Waals surface area contributed by atoms with E-state index in [0.29, 0.717) is 32.7 Å². The Morgan fingerprint density at radius 1 is 1.08 bits per heavy atom. The second-order valence-electron chi connectivity index (χ2n) is 6.50. The normalized spacial score (nSPS) is 16.9. The van der Waals surface area contributed by atoms with Crippen LogP contribution in [0.4, 0.5) is 0 Å². The number of nitrogens with one attached hydrogen (secondary N) is 1. The van der Waals surface area contributed by atoms with E-state index in [1.807, 2.05) is 35.2 Å². The summed E-state index contributed by atoms with van der Waals surface area (Å²) in [6.07, 6.45) is 1.85. The van der Waals surface area contributed by atoms with Gasteiger partial charge in [0.05, 0.1) is 12.3 Å². The Morgan fingerprint density at radius 3 is 2.24 bits per heavy atom. The molecule has 1 aliphatic heterocycles. The van der Waals surface area contributed by atoms with Crippen molar-refractivity contribution in [2.24, 2.45) is 0 Å². The van der Waals surface area contributed by atoms with Gasteiger partial charge in [-0.25, -0.2) is 8.42 Å². The lowest BCUT2D eigenvalue weighted by atomic mass is 10.2. The van der Waals surface area contributed by atoms with E-state index in [1.165, 1.54) is 4.31 Å². The van der Waals surface area contributed by atoms with Crippen molar-refractivity contribution in [3.8, 4) is 0 Å². The van der Waals surface area contributed by atoms with Crippen LogP contribution in [0.15, 0.2) is 30.3 Å². The third-order valence-electron chi connectivity index (χ3n) is 4.63. The molecular weight excluding hydrogens is 338 g/mol. The van der Waals surface area contributed by atoms with Crippen LogP contribution in [0.25, 0.3) is 0 Å². The molecule has 140 valence electrons. The Kier molecular flexibility index (Phi) is 7.40. The number of carbonyl (C=O) groups excluding carboxylic acids is 1. The van der Waals surface area contributed by atoms with E-state index in [-0.39, 0.29) is 17.7 Å². The van der Waals surface area contributed by atoms with E-state index < -0.39 is 10.0 Å². The smallest absolute Gasteiger partial charge is 0.234 e. The Balaban J connectivity index is 1.81. The Bertz CT molecular complexity index is 637. The molecule has 2 rings (SSSR count). The van der Waals surface area contributed by atoms with Crippen molar-refractivity contribution in [1.29, 1.82) is 0 Å². The number of hydrogen-bond donors (Lipinski definition) is 1. The lowest BCUT2D eigenvalue weighted by molar-refractivity contribution is -0.123. The van der Waals surface area contributed by atoms with Crippen molar-refractivity contribution in [3.05, 3.63) is 35.9 Å². The van der Waals surface area contributed by atoms with Gasteiger partial charge in [0.15, 0.2) is 0 Å². The summed E-state index contributed by atoms with van der Waals surface area (Å²) in [5.74, 6) is 0.0533. The zero-order chi connectivity index (χ0) is 18.3. The summed E-state index contributed by atoms with van der Waals surface area (Å²) in [5, 5.41) is 3.03. The van der Waals surface area contributed by atoms with Crippen molar-refractivity contribution in [2.45, 2.75) is 38.5 Å². The molecule has 6 nitrogen and oxygen atoms in total. The van der Waals surface area contributed by atoms with Crippen LogP contribution in [-0.2, 0) is 20.6 Å². The predicted molar refractivity (Wildman–Crippen MR) is 99.6 cm³/mol. The minimum absolute atomic E-state index is 0.0225. The largest absolute Gasteiger partial charge is 0.352 e. The highest BCUT2D eigenvalue weighted by Gasteiger charge is 2.27. The SMILES string of the molecule is CCC(CC)NC(=O)CN1CCN(S(=O)(=O)Cc2ccccc2)CC1. The van der Waals surface area contributed by atoms with Crippen molar-refractivity contribution in [1.82, 2.24) is 14.5 Å². The van der Waals surface area contributed by atoms with E-state index in [0.717, 1.165) is 18.4 Å². The second kappa shape index (κ2) is 9.31. The van der Waals surface area contributed by atoms with E-state index in [4.69, 9.17) is 0 Å². The molecule has 7 heteroatoms. The molecule has 0 bridgehead atoms. The first kappa shape index (κ1) is 19.9. The summed E-state index contributed by atoms with van der Waals surface area (Å²) in [7, 11) is -3.31. The molecule has 1 N–H and O–H groups in total. The number of hydrogen-bond acceptors (Lipinski definition) is 4. The number of piperazine rings is 1. The fourth-order valence-electron chi connectivity index (χ4n) is 3.01. The molecule has 25 heavy (non-hydrogen) atoms. The molecule has 0 atom stereocenters. The van der Waals surface area contributed by atoms with Crippen LogP contribution in [0, 0.1) is 0 Å². The summed E-state index contributed by atoms with van der Waals surface area (Å²) in [5.41, 5.74) is 0.800. The minimum Gasteiger partial charge on any atom is -0.352 e. The van der Waals surface area contributed by atoms with Crippen LogP contribution in [0.3, 0.4) is 0 Å². The van der Waals surface area contributed by atoms with Gasteiger partial charge in [0, 0.05) is 32.2 Å². The molecule has 1 aromatic rings. The first-order chi connectivity index (χ1) is 11.9. The van der Waals surface area contributed by atoms with Gasteiger partial charge in [-0.3, -0.25) is 9.69 Å². The summed E-state index contributed by atoms with van der Waals surface area (Å²) in [6, 6.07) is 9.45. The Hall–Kier alpha value is -1.44. The average molecular weight is 368 g/mol. The third kappa shape index (κ3) is 6.09. The van der Waals surface area contributed by atoms with E-state index in [1.54, 1.807) is 0 Å². The number of nitrogens with zero attached hydrogens (tertiary/aromatic N) is 2. The lowest BCUT2D eigenvalue weighted by Gasteiger charge is -2.33. The van der Waals surface area contributed by atoms with Gasteiger partial charge in [-0.1, -0.05) is 44.2 Å². The zero-order valence-corrected chi connectivity index (χ0v) is 16.0. The van der Waals surface area contributed by atoms with Gasteiger partial charge in [-0.15, -0.1) is 0 Å². The van der Waals surface area contributed by atoms with Crippen molar-refractivity contribution in [2.75, 3.05) is 32.7 Å². The maximum absolute atomic E-state index is 12.5. The number of benzene rings is 1. The maximum atomic E-state index is 12.5. The number of rotatable bonds is 8. The molecule has 1 amide bonds. The van der Waals surface area contributed by atoms with Crippen molar-refractivity contribution in [3.63, 3.8) is 0 Å². The van der Waals surface area contributed by atoms with Crippen molar-refractivity contribution < 1.29 is 13.2 Å². The number of sulfonamides is 1. The second-order valence-corrected chi connectivity index (χ2v) is 8.47. The summed E-state index contributed by atoms with van der Waals surface area (Å²) >= 11 is 0. The minimum atomic E-state index is -3.31. The van der Waals surface area contributed by atoms with E-state index >= 15 is 0 Å².